The summed E-state index contributed by atoms with van der Waals surface area (Å²) in [6, 6.07) is 6.86. The number of hydrogen-bond donors (Lipinski definition) is 1. The number of nitrogens with two attached hydrogens (primary N) is 1. The van der Waals surface area contributed by atoms with Crippen LogP contribution in [0.15, 0.2) is 24.3 Å². The van der Waals surface area contributed by atoms with Crippen LogP contribution in [0.25, 0.3) is 0 Å². The lowest BCUT2D eigenvalue weighted by Gasteiger charge is -2.35. The molecule has 2 N–H and O–H groups in total. The van der Waals surface area contributed by atoms with Crippen LogP contribution in [0.5, 0.6) is 0 Å². The van der Waals surface area contributed by atoms with E-state index in [4.69, 9.17) is 17.3 Å². The number of piperidine rings is 1. The van der Waals surface area contributed by atoms with Gasteiger partial charge in [-0.05, 0) is 44.0 Å². The molecule has 0 radical (unpaired) electrons. The molecule has 2 atom stereocenters. The van der Waals surface area contributed by atoms with Crippen molar-refractivity contribution in [3.05, 3.63) is 34.9 Å². The Balaban J connectivity index is 0.00000288. The van der Waals surface area contributed by atoms with Crippen molar-refractivity contribution >= 4 is 35.8 Å². The minimum atomic E-state index is -0.154. The molecule has 1 saturated heterocycles. The molecule has 7 heteroatoms. The van der Waals surface area contributed by atoms with Gasteiger partial charge in [0.15, 0.2) is 0 Å². The average molecular weight is 374 g/mol. The first-order valence-electron chi connectivity index (χ1n) is 7.95. The summed E-state index contributed by atoms with van der Waals surface area (Å²) in [6.07, 6.45) is 1.64. The molecule has 1 aliphatic heterocycles. The minimum Gasteiger partial charge on any atom is -0.341 e. The summed E-state index contributed by atoms with van der Waals surface area (Å²) in [5, 5.41) is 0.602. The molecular weight excluding hydrogens is 349 g/mol. The predicted octanol–water partition coefficient (Wildman–Crippen LogP) is 2.42. The first kappa shape index (κ1) is 20.7. The summed E-state index contributed by atoms with van der Waals surface area (Å²) < 4.78 is 0. The fraction of sp³-hybridized carbons (Fsp3) is 0.529. The van der Waals surface area contributed by atoms with Crippen molar-refractivity contribution in [2.24, 2.45) is 11.7 Å². The van der Waals surface area contributed by atoms with E-state index in [9.17, 15) is 9.59 Å². The largest absolute Gasteiger partial charge is 0.341 e. The second-order valence-corrected chi connectivity index (χ2v) is 6.57. The second kappa shape index (κ2) is 9.25. The van der Waals surface area contributed by atoms with Crippen LogP contribution in [0.1, 0.15) is 30.1 Å². The molecule has 0 bridgehead atoms. The Morgan fingerprint density at radius 1 is 1.38 bits per heavy atom. The molecule has 1 heterocycles. The number of amides is 2. The lowest BCUT2D eigenvalue weighted by molar-refractivity contribution is -0.137. The molecule has 134 valence electrons. The lowest BCUT2D eigenvalue weighted by atomic mass is 9.95. The third-order valence-corrected chi connectivity index (χ3v) is 4.75. The van der Waals surface area contributed by atoms with Crippen LogP contribution >= 0.6 is 24.0 Å². The van der Waals surface area contributed by atoms with Crippen molar-refractivity contribution in [1.29, 1.82) is 0 Å². The highest BCUT2D eigenvalue weighted by Gasteiger charge is 2.31. The molecule has 1 aromatic rings. The number of hydrogen-bond acceptors (Lipinski definition) is 3. The summed E-state index contributed by atoms with van der Waals surface area (Å²) in [4.78, 5) is 28.6. The van der Waals surface area contributed by atoms with Crippen LogP contribution in [-0.4, -0.2) is 54.3 Å². The Morgan fingerprint density at radius 2 is 2.00 bits per heavy atom. The maximum atomic E-state index is 12.6. The first-order chi connectivity index (χ1) is 10.9. The molecule has 0 spiro atoms. The van der Waals surface area contributed by atoms with E-state index < -0.39 is 0 Å². The smallest absolute Gasteiger partial charge is 0.253 e. The SMILES string of the molecule is CC(CN)N(C)C(=O)C1CCCN(C(=O)c2ccc(Cl)cc2)C1.Cl. The highest BCUT2D eigenvalue weighted by Crippen LogP contribution is 2.21. The fourth-order valence-corrected chi connectivity index (χ4v) is 2.93. The van der Waals surface area contributed by atoms with Crippen LogP contribution < -0.4 is 5.73 Å². The van der Waals surface area contributed by atoms with Crippen LogP contribution in [-0.2, 0) is 4.79 Å². The molecule has 1 aliphatic rings. The summed E-state index contributed by atoms with van der Waals surface area (Å²) in [5.41, 5.74) is 6.24. The zero-order valence-electron chi connectivity index (χ0n) is 14.1. The third kappa shape index (κ3) is 4.85. The standard InChI is InChI=1S/C17H24ClN3O2.ClH/c1-12(10-19)20(2)16(22)14-4-3-9-21(11-14)17(23)13-5-7-15(18)8-6-13;/h5-8,12,14H,3-4,9-11,19H2,1-2H3;1H. The normalized spacial score (nSPS) is 18.5. The maximum absolute atomic E-state index is 12.6. The Morgan fingerprint density at radius 3 is 2.58 bits per heavy atom. The molecule has 0 aromatic heterocycles. The van der Waals surface area contributed by atoms with Crippen LogP contribution in [0.4, 0.5) is 0 Å². The van der Waals surface area contributed by atoms with Crippen molar-refractivity contribution in [3.8, 4) is 0 Å². The Labute approximate surface area is 154 Å². The number of likely N-dealkylation sites (N-methyl/N-ethyl adjacent to an activating group) is 1. The van der Waals surface area contributed by atoms with Crippen LogP contribution in [0, 0.1) is 5.92 Å². The van der Waals surface area contributed by atoms with Crippen molar-refractivity contribution in [2.75, 3.05) is 26.7 Å². The number of likely N-dealkylation sites (tertiary alicyclic amines) is 1. The first-order valence-corrected chi connectivity index (χ1v) is 8.33. The predicted molar refractivity (Wildman–Crippen MR) is 98.6 cm³/mol. The molecule has 2 rings (SSSR count). The van der Waals surface area contributed by atoms with Crippen molar-refractivity contribution in [1.82, 2.24) is 9.80 Å². The summed E-state index contributed by atoms with van der Waals surface area (Å²) in [5.74, 6) is -0.135. The molecule has 2 amide bonds. The monoisotopic (exact) mass is 373 g/mol. The fourth-order valence-electron chi connectivity index (χ4n) is 2.80. The summed E-state index contributed by atoms with van der Waals surface area (Å²) in [7, 11) is 1.78. The van der Waals surface area contributed by atoms with Crippen LogP contribution in [0.2, 0.25) is 5.02 Å². The zero-order valence-corrected chi connectivity index (χ0v) is 15.6. The number of benzene rings is 1. The van der Waals surface area contributed by atoms with E-state index >= 15 is 0 Å². The molecule has 0 saturated carbocycles. The van der Waals surface area contributed by atoms with Gasteiger partial charge in [0.2, 0.25) is 5.91 Å². The minimum absolute atomic E-state index is 0. The zero-order chi connectivity index (χ0) is 17.0. The van der Waals surface area contributed by atoms with Gasteiger partial charge in [0.05, 0.1) is 5.92 Å². The molecule has 24 heavy (non-hydrogen) atoms. The molecule has 5 nitrogen and oxygen atoms in total. The van der Waals surface area contributed by atoms with Gasteiger partial charge in [0.1, 0.15) is 0 Å². The number of carbonyl (C=O) groups excluding carboxylic acids is 2. The Kier molecular flexibility index (Phi) is 8.00. The summed E-state index contributed by atoms with van der Waals surface area (Å²) >= 11 is 5.86. The van der Waals surface area contributed by atoms with Gasteiger partial charge in [-0.2, -0.15) is 0 Å². The topological polar surface area (TPSA) is 66.6 Å². The van der Waals surface area contributed by atoms with Gasteiger partial charge in [-0.25, -0.2) is 0 Å². The van der Waals surface area contributed by atoms with Gasteiger partial charge in [-0.1, -0.05) is 11.6 Å². The molecule has 0 aliphatic carbocycles. The van der Waals surface area contributed by atoms with E-state index in [-0.39, 0.29) is 36.2 Å². The number of carbonyl (C=O) groups is 2. The average Bonchev–Trinajstić information content (AvgIpc) is 2.59. The third-order valence-electron chi connectivity index (χ3n) is 4.50. The number of halogens is 2. The highest BCUT2D eigenvalue weighted by molar-refractivity contribution is 6.30. The molecule has 2 unspecified atom stereocenters. The van der Waals surface area contributed by atoms with E-state index in [2.05, 4.69) is 0 Å². The number of rotatable bonds is 4. The lowest BCUT2D eigenvalue weighted by Crippen LogP contribution is -2.49. The molecule has 1 fully saturated rings. The van der Waals surface area contributed by atoms with Crippen molar-refractivity contribution in [3.63, 3.8) is 0 Å². The Bertz CT molecular complexity index is 565. The van der Waals surface area contributed by atoms with E-state index in [1.54, 1.807) is 41.1 Å². The van der Waals surface area contributed by atoms with E-state index in [0.29, 0.717) is 30.2 Å². The van der Waals surface area contributed by atoms with E-state index in [1.807, 2.05) is 6.92 Å². The van der Waals surface area contributed by atoms with Gasteiger partial charge in [0, 0.05) is 43.3 Å². The van der Waals surface area contributed by atoms with Gasteiger partial charge in [0.25, 0.3) is 5.91 Å². The van der Waals surface area contributed by atoms with Crippen molar-refractivity contribution < 1.29 is 9.59 Å². The highest BCUT2D eigenvalue weighted by atomic mass is 35.5. The number of nitrogens with zero attached hydrogens (tertiary/aromatic N) is 2. The van der Waals surface area contributed by atoms with Crippen molar-refractivity contribution in [2.45, 2.75) is 25.8 Å². The van der Waals surface area contributed by atoms with Gasteiger partial charge < -0.3 is 15.5 Å². The summed E-state index contributed by atoms with van der Waals surface area (Å²) in [6.45, 7) is 3.50. The second-order valence-electron chi connectivity index (χ2n) is 6.13. The van der Waals surface area contributed by atoms with Gasteiger partial charge >= 0.3 is 0 Å². The van der Waals surface area contributed by atoms with Gasteiger partial charge in [-0.15, -0.1) is 12.4 Å². The van der Waals surface area contributed by atoms with E-state index in [0.717, 1.165) is 12.8 Å². The molecular formula is C17H25Cl2N3O2. The van der Waals surface area contributed by atoms with Crippen LogP contribution in [0.3, 0.4) is 0 Å². The molecule has 1 aromatic carbocycles. The van der Waals surface area contributed by atoms with E-state index in [1.165, 1.54) is 0 Å². The Hall–Kier alpha value is -1.30. The maximum Gasteiger partial charge on any atom is 0.253 e. The van der Waals surface area contributed by atoms with Gasteiger partial charge in [-0.3, -0.25) is 9.59 Å². The quantitative estimate of drug-likeness (QED) is 0.880.